The van der Waals surface area contributed by atoms with Crippen LogP contribution in [0.25, 0.3) is 10.9 Å². The second-order valence-electron chi connectivity index (χ2n) is 5.29. The number of halogens is 1. The highest BCUT2D eigenvalue weighted by Gasteiger charge is 2.09. The molecule has 5 nitrogen and oxygen atoms in total. The largest absolute Gasteiger partial charge is 0.423 e. The molecule has 3 rings (SSSR count). The molecule has 0 saturated heterocycles. The molecule has 6 heteroatoms. The summed E-state index contributed by atoms with van der Waals surface area (Å²) in [5.41, 5.74) is 0.412. The van der Waals surface area contributed by atoms with Gasteiger partial charge in [-0.2, -0.15) is 0 Å². The minimum atomic E-state index is -0.577. The highest BCUT2D eigenvalue weighted by atomic mass is 19.1. The predicted molar refractivity (Wildman–Crippen MR) is 87.3 cm³/mol. The summed E-state index contributed by atoms with van der Waals surface area (Å²) in [5.74, 6) is -0.674. The Labute approximate surface area is 137 Å². The fraction of sp³-hybridized carbons (Fsp3) is 0.167. The van der Waals surface area contributed by atoms with Crippen molar-refractivity contribution in [2.45, 2.75) is 19.3 Å². The van der Waals surface area contributed by atoms with Crippen LogP contribution in [0.15, 0.2) is 53.3 Å². The van der Waals surface area contributed by atoms with E-state index in [1.165, 1.54) is 18.2 Å². The van der Waals surface area contributed by atoms with Crippen LogP contribution in [0.1, 0.15) is 18.7 Å². The average molecular weight is 326 g/mol. The summed E-state index contributed by atoms with van der Waals surface area (Å²) in [6, 6.07) is 12.8. The fourth-order valence-electron chi connectivity index (χ4n) is 2.35. The van der Waals surface area contributed by atoms with E-state index in [9.17, 15) is 14.0 Å². The molecule has 1 aromatic heterocycles. The van der Waals surface area contributed by atoms with E-state index in [0.29, 0.717) is 29.6 Å². The van der Waals surface area contributed by atoms with Crippen molar-refractivity contribution in [1.82, 2.24) is 9.97 Å². The highest BCUT2D eigenvalue weighted by molar-refractivity contribution is 5.77. The first-order chi connectivity index (χ1) is 11.6. The maximum absolute atomic E-state index is 13.4. The Morgan fingerprint density at radius 2 is 1.88 bits per heavy atom. The van der Waals surface area contributed by atoms with Crippen molar-refractivity contribution in [3.8, 4) is 5.75 Å². The summed E-state index contributed by atoms with van der Waals surface area (Å²) in [7, 11) is 0. The maximum atomic E-state index is 13.4. The van der Waals surface area contributed by atoms with Crippen molar-refractivity contribution in [3.05, 3.63) is 70.5 Å². The summed E-state index contributed by atoms with van der Waals surface area (Å²) < 4.78 is 18.4. The zero-order valence-electron chi connectivity index (χ0n) is 12.8. The second kappa shape index (κ2) is 7.04. The van der Waals surface area contributed by atoms with Gasteiger partial charge < -0.3 is 9.72 Å². The Bertz CT molecular complexity index is 937. The molecular formula is C18H15FN2O3. The number of carbonyl (C=O) groups excluding carboxylic acids is 1. The molecule has 1 N–H and O–H groups in total. The van der Waals surface area contributed by atoms with Gasteiger partial charge in [0, 0.05) is 12.8 Å². The van der Waals surface area contributed by atoms with Gasteiger partial charge in [-0.1, -0.05) is 24.3 Å². The number of nitrogens with zero attached hydrogens (tertiary/aromatic N) is 1. The van der Waals surface area contributed by atoms with Gasteiger partial charge in [-0.15, -0.1) is 0 Å². The van der Waals surface area contributed by atoms with Gasteiger partial charge in [-0.3, -0.25) is 9.59 Å². The van der Waals surface area contributed by atoms with E-state index >= 15 is 0 Å². The van der Waals surface area contributed by atoms with E-state index in [2.05, 4.69) is 9.97 Å². The van der Waals surface area contributed by atoms with Gasteiger partial charge in [0.1, 0.15) is 5.82 Å². The Hall–Kier alpha value is -3.02. The number of aromatic nitrogens is 2. The lowest BCUT2D eigenvalue weighted by molar-refractivity contribution is -0.134. The number of ether oxygens (including phenoxy) is 1. The standard InChI is InChI=1S/C18H15FN2O3/c19-13-7-2-4-9-15(13)24-17(22)11-5-10-16-20-14-8-3-1-6-12(14)18(23)21-16/h1-4,6-9H,5,10-11H2,(H,20,21,23). The summed E-state index contributed by atoms with van der Waals surface area (Å²) in [4.78, 5) is 30.8. The van der Waals surface area contributed by atoms with E-state index in [-0.39, 0.29) is 17.7 Å². The lowest BCUT2D eigenvalue weighted by Crippen LogP contribution is -2.13. The van der Waals surface area contributed by atoms with Crippen molar-refractivity contribution in [3.63, 3.8) is 0 Å². The topological polar surface area (TPSA) is 72.0 Å². The normalized spacial score (nSPS) is 10.7. The van der Waals surface area contributed by atoms with Crippen LogP contribution in [0.4, 0.5) is 4.39 Å². The van der Waals surface area contributed by atoms with Gasteiger partial charge in [-0.25, -0.2) is 9.37 Å². The van der Waals surface area contributed by atoms with Crippen molar-refractivity contribution in [2.24, 2.45) is 0 Å². The van der Waals surface area contributed by atoms with Crippen molar-refractivity contribution in [1.29, 1.82) is 0 Å². The van der Waals surface area contributed by atoms with Crippen LogP contribution in [0, 0.1) is 5.82 Å². The first-order valence-electron chi connectivity index (χ1n) is 7.56. The van der Waals surface area contributed by atoms with Gasteiger partial charge in [0.15, 0.2) is 11.6 Å². The lowest BCUT2D eigenvalue weighted by atomic mass is 10.2. The van der Waals surface area contributed by atoms with E-state index < -0.39 is 11.8 Å². The third-order valence-corrected chi connectivity index (χ3v) is 3.52. The van der Waals surface area contributed by atoms with Gasteiger partial charge >= 0.3 is 5.97 Å². The fourth-order valence-corrected chi connectivity index (χ4v) is 2.35. The van der Waals surface area contributed by atoms with Crippen molar-refractivity contribution in [2.75, 3.05) is 0 Å². The number of H-pyrrole nitrogens is 1. The molecule has 0 bridgehead atoms. The maximum Gasteiger partial charge on any atom is 0.311 e. The lowest BCUT2D eigenvalue weighted by Gasteiger charge is -2.05. The highest BCUT2D eigenvalue weighted by Crippen LogP contribution is 2.16. The number of para-hydroxylation sites is 2. The Morgan fingerprint density at radius 1 is 1.12 bits per heavy atom. The quantitative estimate of drug-likeness (QED) is 0.578. The molecule has 24 heavy (non-hydrogen) atoms. The molecule has 0 saturated carbocycles. The number of hydrogen-bond donors (Lipinski definition) is 1. The van der Waals surface area contributed by atoms with E-state index in [4.69, 9.17) is 4.74 Å². The van der Waals surface area contributed by atoms with Crippen molar-refractivity contribution >= 4 is 16.9 Å². The molecular weight excluding hydrogens is 311 g/mol. The van der Waals surface area contributed by atoms with Gasteiger partial charge in [-0.05, 0) is 30.7 Å². The first kappa shape index (κ1) is 15.9. The third kappa shape index (κ3) is 3.65. The number of fused-ring (bicyclic) bond motifs is 1. The molecule has 0 fully saturated rings. The molecule has 0 amide bonds. The van der Waals surface area contributed by atoms with Crippen LogP contribution < -0.4 is 10.3 Å². The minimum Gasteiger partial charge on any atom is -0.423 e. The van der Waals surface area contributed by atoms with Crippen LogP contribution in [0.2, 0.25) is 0 Å². The Kier molecular flexibility index (Phi) is 4.65. The number of carbonyl (C=O) groups is 1. The summed E-state index contributed by atoms with van der Waals surface area (Å²) >= 11 is 0. The second-order valence-corrected chi connectivity index (χ2v) is 5.29. The van der Waals surface area contributed by atoms with Crippen LogP contribution in [0.5, 0.6) is 5.75 Å². The smallest absolute Gasteiger partial charge is 0.311 e. The van der Waals surface area contributed by atoms with E-state index in [0.717, 1.165) is 0 Å². The van der Waals surface area contributed by atoms with E-state index in [1.807, 2.05) is 6.07 Å². The summed E-state index contributed by atoms with van der Waals surface area (Å²) in [6.45, 7) is 0. The SMILES string of the molecule is O=C(CCCc1nc2ccccc2c(=O)[nH]1)Oc1ccccc1F. The minimum absolute atomic E-state index is 0.0836. The van der Waals surface area contributed by atoms with Gasteiger partial charge in [0.05, 0.1) is 10.9 Å². The van der Waals surface area contributed by atoms with Crippen LogP contribution in [0.3, 0.4) is 0 Å². The molecule has 0 aliphatic rings. The monoisotopic (exact) mass is 326 g/mol. The van der Waals surface area contributed by atoms with Gasteiger partial charge in [0.25, 0.3) is 5.56 Å². The molecule has 1 heterocycles. The number of aromatic amines is 1. The Morgan fingerprint density at radius 3 is 2.71 bits per heavy atom. The number of benzene rings is 2. The number of nitrogens with one attached hydrogen (secondary N) is 1. The molecule has 0 atom stereocenters. The number of hydrogen-bond acceptors (Lipinski definition) is 4. The van der Waals surface area contributed by atoms with Crippen LogP contribution in [-0.4, -0.2) is 15.9 Å². The van der Waals surface area contributed by atoms with Crippen molar-refractivity contribution < 1.29 is 13.9 Å². The number of rotatable bonds is 5. The molecule has 3 aromatic rings. The zero-order valence-corrected chi connectivity index (χ0v) is 12.8. The molecule has 0 spiro atoms. The molecule has 0 aliphatic carbocycles. The van der Waals surface area contributed by atoms with E-state index in [1.54, 1.807) is 24.3 Å². The summed E-state index contributed by atoms with van der Waals surface area (Å²) in [5, 5.41) is 0.528. The zero-order chi connectivity index (χ0) is 16.9. The summed E-state index contributed by atoms with van der Waals surface area (Å²) in [6.07, 6.45) is 0.964. The molecule has 0 unspecified atom stereocenters. The molecule has 2 aromatic carbocycles. The Balaban J connectivity index is 1.59. The third-order valence-electron chi connectivity index (χ3n) is 3.52. The molecule has 0 radical (unpaired) electrons. The van der Waals surface area contributed by atoms with Gasteiger partial charge in [0.2, 0.25) is 0 Å². The number of esters is 1. The average Bonchev–Trinajstić information content (AvgIpc) is 2.57. The van der Waals surface area contributed by atoms with Crippen LogP contribution >= 0.6 is 0 Å². The number of aryl methyl sites for hydroxylation is 1. The molecule has 0 aliphatic heterocycles. The molecule has 122 valence electrons. The first-order valence-corrected chi connectivity index (χ1v) is 7.56. The predicted octanol–water partition coefficient (Wildman–Crippen LogP) is 2.99. The van der Waals surface area contributed by atoms with Crippen LogP contribution in [-0.2, 0) is 11.2 Å².